The lowest BCUT2D eigenvalue weighted by molar-refractivity contribution is -0.917. The average Bonchev–Trinajstić information content (AvgIpc) is 2.63. The van der Waals surface area contributed by atoms with Gasteiger partial charge in [-0.3, -0.25) is 4.79 Å². The zero-order chi connectivity index (χ0) is 17.6. The van der Waals surface area contributed by atoms with Gasteiger partial charge in [0, 0.05) is 10.6 Å². The highest BCUT2D eigenvalue weighted by Gasteiger charge is 2.24. The smallest absolute Gasteiger partial charge is 0.260 e. The Hall–Kier alpha value is -2.04. The van der Waals surface area contributed by atoms with E-state index >= 15 is 0 Å². The van der Waals surface area contributed by atoms with Gasteiger partial charge in [-0.15, -0.1) is 0 Å². The molecule has 132 valence electrons. The summed E-state index contributed by atoms with van der Waals surface area (Å²) in [7, 11) is 0. The highest BCUT2D eigenvalue weighted by atomic mass is 35.5. The van der Waals surface area contributed by atoms with Crippen LogP contribution >= 0.6 is 11.6 Å². The van der Waals surface area contributed by atoms with Crippen molar-refractivity contribution in [3.8, 4) is 5.75 Å². The van der Waals surface area contributed by atoms with E-state index in [1.807, 2.05) is 4.90 Å². The predicted octanol–water partition coefficient (Wildman–Crippen LogP) is 1.95. The van der Waals surface area contributed by atoms with E-state index in [4.69, 9.17) is 16.3 Å². The third kappa shape index (κ3) is 4.97. The Balaban J connectivity index is 1.44. The van der Waals surface area contributed by atoms with Crippen LogP contribution in [0.5, 0.6) is 5.75 Å². The van der Waals surface area contributed by atoms with Crippen LogP contribution in [0, 0.1) is 6.92 Å². The van der Waals surface area contributed by atoms with Gasteiger partial charge in [0.25, 0.3) is 5.91 Å². The summed E-state index contributed by atoms with van der Waals surface area (Å²) in [5.74, 6) is 0.714. The van der Waals surface area contributed by atoms with Crippen LogP contribution in [0.3, 0.4) is 0 Å². The lowest BCUT2D eigenvalue weighted by atomic mass is 10.1. The third-order valence-corrected chi connectivity index (χ3v) is 4.95. The summed E-state index contributed by atoms with van der Waals surface area (Å²) in [5, 5.41) is 0.659. The van der Waals surface area contributed by atoms with Crippen molar-refractivity contribution in [3.05, 3.63) is 64.7 Å². The van der Waals surface area contributed by atoms with E-state index in [2.05, 4.69) is 31.2 Å². The minimum absolute atomic E-state index is 0.0462. The summed E-state index contributed by atoms with van der Waals surface area (Å²) < 4.78 is 5.56. The van der Waals surface area contributed by atoms with Crippen molar-refractivity contribution in [3.63, 3.8) is 0 Å². The van der Waals surface area contributed by atoms with Crippen molar-refractivity contribution in [1.82, 2.24) is 4.90 Å². The fraction of sp³-hybridized carbons (Fsp3) is 0.350. The van der Waals surface area contributed by atoms with E-state index in [1.165, 1.54) is 16.0 Å². The average molecular weight is 360 g/mol. The molecule has 0 unspecified atom stereocenters. The van der Waals surface area contributed by atoms with Crippen molar-refractivity contribution in [2.75, 3.05) is 32.8 Å². The fourth-order valence-corrected chi connectivity index (χ4v) is 3.22. The van der Waals surface area contributed by atoms with Gasteiger partial charge in [0.2, 0.25) is 0 Å². The fourth-order valence-electron chi connectivity index (χ4n) is 3.09. The molecule has 2 aromatic carbocycles. The number of nitrogens with one attached hydrogen (secondary N) is 1. The maximum Gasteiger partial charge on any atom is 0.260 e. The van der Waals surface area contributed by atoms with Gasteiger partial charge < -0.3 is 14.5 Å². The van der Waals surface area contributed by atoms with Crippen LogP contribution in [-0.2, 0) is 11.3 Å². The number of carbonyl (C=O) groups excluding carboxylic acids is 1. The molecular formula is C20H24ClN2O2+. The second-order valence-electron chi connectivity index (χ2n) is 6.48. The molecule has 4 nitrogen and oxygen atoms in total. The summed E-state index contributed by atoms with van der Waals surface area (Å²) in [6.07, 6.45) is 0. The number of quaternary nitrogens is 1. The molecule has 5 heteroatoms. The van der Waals surface area contributed by atoms with Crippen molar-refractivity contribution in [1.29, 1.82) is 0 Å². The minimum Gasteiger partial charge on any atom is -0.484 e. The van der Waals surface area contributed by atoms with E-state index in [0.717, 1.165) is 32.7 Å². The summed E-state index contributed by atoms with van der Waals surface area (Å²) in [5.41, 5.74) is 2.73. The quantitative estimate of drug-likeness (QED) is 0.885. The Bertz CT molecular complexity index is 710. The van der Waals surface area contributed by atoms with Gasteiger partial charge in [0.1, 0.15) is 12.3 Å². The number of benzene rings is 2. The van der Waals surface area contributed by atoms with Gasteiger partial charge in [-0.1, -0.05) is 35.9 Å². The summed E-state index contributed by atoms with van der Waals surface area (Å²) >= 11 is 5.84. The first-order valence-electron chi connectivity index (χ1n) is 8.66. The number of amides is 1. The highest BCUT2D eigenvalue weighted by molar-refractivity contribution is 6.30. The lowest BCUT2D eigenvalue weighted by Gasteiger charge is -2.32. The van der Waals surface area contributed by atoms with Crippen LogP contribution in [-0.4, -0.2) is 43.6 Å². The molecule has 0 atom stereocenters. The largest absolute Gasteiger partial charge is 0.484 e. The van der Waals surface area contributed by atoms with E-state index in [0.29, 0.717) is 10.8 Å². The molecule has 1 aliphatic rings. The first-order valence-corrected chi connectivity index (χ1v) is 9.04. The topological polar surface area (TPSA) is 34.0 Å². The SMILES string of the molecule is Cc1ccccc1C[NH+]1CCN(C(=O)COc2ccc(Cl)cc2)CC1. The van der Waals surface area contributed by atoms with Crippen molar-refractivity contribution < 1.29 is 14.4 Å². The Morgan fingerprint density at radius 3 is 2.48 bits per heavy atom. The number of hydrogen-bond donors (Lipinski definition) is 1. The number of nitrogens with zero attached hydrogens (tertiary/aromatic N) is 1. The zero-order valence-electron chi connectivity index (χ0n) is 14.5. The second kappa shape index (κ2) is 8.37. The molecule has 1 amide bonds. The first kappa shape index (κ1) is 17.8. The summed E-state index contributed by atoms with van der Waals surface area (Å²) in [4.78, 5) is 15.7. The van der Waals surface area contributed by atoms with Crippen LogP contribution in [0.2, 0.25) is 5.02 Å². The Morgan fingerprint density at radius 1 is 1.12 bits per heavy atom. The molecule has 0 spiro atoms. The van der Waals surface area contributed by atoms with Gasteiger partial charge in [0.05, 0.1) is 26.2 Å². The number of piperazine rings is 1. The monoisotopic (exact) mass is 359 g/mol. The van der Waals surface area contributed by atoms with E-state index in [-0.39, 0.29) is 12.5 Å². The van der Waals surface area contributed by atoms with Gasteiger partial charge in [-0.05, 0) is 36.8 Å². The zero-order valence-corrected chi connectivity index (χ0v) is 15.3. The number of halogens is 1. The van der Waals surface area contributed by atoms with Gasteiger partial charge in [0.15, 0.2) is 6.61 Å². The maximum atomic E-state index is 12.3. The molecule has 1 aliphatic heterocycles. The van der Waals surface area contributed by atoms with Crippen molar-refractivity contribution in [2.24, 2.45) is 0 Å². The predicted molar refractivity (Wildman–Crippen MR) is 99.1 cm³/mol. The van der Waals surface area contributed by atoms with Crippen LogP contribution in [0.4, 0.5) is 0 Å². The van der Waals surface area contributed by atoms with Crippen molar-refractivity contribution >= 4 is 17.5 Å². The molecule has 1 fully saturated rings. The van der Waals surface area contributed by atoms with Crippen LogP contribution < -0.4 is 9.64 Å². The molecule has 25 heavy (non-hydrogen) atoms. The summed E-state index contributed by atoms with van der Waals surface area (Å²) in [6.45, 7) is 6.77. The number of hydrogen-bond acceptors (Lipinski definition) is 2. The van der Waals surface area contributed by atoms with Gasteiger partial charge in [-0.25, -0.2) is 0 Å². The van der Waals surface area contributed by atoms with Gasteiger partial charge in [-0.2, -0.15) is 0 Å². The van der Waals surface area contributed by atoms with Crippen LogP contribution in [0.15, 0.2) is 48.5 Å². The van der Waals surface area contributed by atoms with E-state index < -0.39 is 0 Å². The Morgan fingerprint density at radius 2 is 1.80 bits per heavy atom. The molecule has 0 saturated carbocycles. The van der Waals surface area contributed by atoms with E-state index in [1.54, 1.807) is 24.3 Å². The normalized spacial score (nSPS) is 15.2. The van der Waals surface area contributed by atoms with Crippen LogP contribution in [0.1, 0.15) is 11.1 Å². The number of aryl methyl sites for hydroxylation is 1. The molecule has 0 radical (unpaired) electrons. The number of carbonyl (C=O) groups is 1. The molecule has 3 rings (SSSR count). The van der Waals surface area contributed by atoms with Gasteiger partial charge >= 0.3 is 0 Å². The molecule has 1 N–H and O–H groups in total. The second-order valence-corrected chi connectivity index (χ2v) is 6.91. The maximum absolute atomic E-state index is 12.3. The highest BCUT2D eigenvalue weighted by Crippen LogP contribution is 2.15. The lowest BCUT2D eigenvalue weighted by Crippen LogP contribution is -3.13. The first-order chi connectivity index (χ1) is 12.1. The van der Waals surface area contributed by atoms with E-state index in [9.17, 15) is 4.79 Å². The number of ether oxygens (including phenoxy) is 1. The molecule has 0 bridgehead atoms. The standard InChI is InChI=1S/C20H23ClN2O2/c1-16-4-2-3-5-17(16)14-22-10-12-23(13-11-22)20(24)15-25-19-8-6-18(21)7-9-19/h2-9H,10-15H2,1H3/p+1. The Labute approximate surface area is 154 Å². The number of rotatable bonds is 5. The molecular weight excluding hydrogens is 336 g/mol. The minimum atomic E-state index is 0.0462. The molecule has 2 aromatic rings. The van der Waals surface area contributed by atoms with Crippen molar-refractivity contribution in [2.45, 2.75) is 13.5 Å². The third-order valence-electron chi connectivity index (χ3n) is 4.70. The molecule has 1 heterocycles. The summed E-state index contributed by atoms with van der Waals surface area (Å²) in [6, 6.07) is 15.6. The Kier molecular flexibility index (Phi) is 5.95. The molecule has 0 aromatic heterocycles. The molecule has 0 aliphatic carbocycles. The molecule has 1 saturated heterocycles. The van der Waals surface area contributed by atoms with Crippen LogP contribution in [0.25, 0.3) is 0 Å².